The summed E-state index contributed by atoms with van der Waals surface area (Å²) < 4.78 is 31.1. The molecule has 222 valence electrons. The van der Waals surface area contributed by atoms with Crippen LogP contribution in [-0.4, -0.2) is 64.9 Å². The van der Waals surface area contributed by atoms with Crippen molar-refractivity contribution in [2.45, 2.75) is 26.3 Å². The SMILES string of the molecule is CNc1ccc(Oc2ccc(Nc3ncnc4ccc(N5CCN(C(=O)/C=C/C(F)F)C(C)C5)nc34)cc2C)cc1N=N. The van der Waals surface area contributed by atoms with E-state index in [4.69, 9.17) is 15.3 Å². The number of aryl methyl sites for hydroxylation is 1. The second kappa shape index (κ2) is 12.8. The molecular weight excluding hydrogens is 556 g/mol. The normalized spacial score (nSPS) is 15.3. The highest BCUT2D eigenvalue weighted by atomic mass is 19.3. The second-order valence-corrected chi connectivity index (χ2v) is 10.0. The molecule has 1 aliphatic rings. The van der Waals surface area contributed by atoms with Crippen LogP contribution in [0.4, 0.5) is 37.5 Å². The first-order valence-corrected chi connectivity index (χ1v) is 13.6. The number of carbonyl (C=O) groups excluding carboxylic acids is 1. The zero-order chi connectivity index (χ0) is 30.5. The van der Waals surface area contributed by atoms with E-state index in [-0.39, 0.29) is 6.04 Å². The number of allylic oxidation sites excluding steroid dienone is 1. The van der Waals surface area contributed by atoms with Gasteiger partial charge in [-0.2, -0.15) is 5.11 Å². The van der Waals surface area contributed by atoms with Crippen LogP contribution in [0.2, 0.25) is 0 Å². The minimum absolute atomic E-state index is 0.191. The highest BCUT2D eigenvalue weighted by Crippen LogP contribution is 2.34. The molecule has 0 saturated carbocycles. The Kier molecular flexibility index (Phi) is 8.69. The summed E-state index contributed by atoms with van der Waals surface area (Å²) in [5.74, 6) is 2.03. The summed E-state index contributed by atoms with van der Waals surface area (Å²) in [5, 5.41) is 9.88. The summed E-state index contributed by atoms with van der Waals surface area (Å²) in [6, 6.07) is 14.5. The molecule has 0 spiro atoms. The Balaban J connectivity index is 1.32. The number of benzene rings is 2. The van der Waals surface area contributed by atoms with E-state index in [2.05, 4.69) is 30.6 Å². The second-order valence-electron chi connectivity index (χ2n) is 10.0. The Morgan fingerprint density at radius 3 is 2.72 bits per heavy atom. The Morgan fingerprint density at radius 2 is 2.00 bits per heavy atom. The number of hydrogen-bond donors (Lipinski definition) is 3. The van der Waals surface area contributed by atoms with E-state index in [0.29, 0.717) is 65.6 Å². The molecule has 1 amide bonds. The Morgan fingerprint density at radius 1 is 1.16 bits per heavy atom. The number of aromatic nitrogens is 3. The van der Waals surface area contributed by atoms with Crippen molar-refractivity contribution in [2.75, 3.05) is 42.2 Å². The molecule has 3 N–H and O–H groups in total. The van der Waals surface area contributed by atoms with Gasteiger partial charge in [-0.3, -0.25) is 4.79 Å². The smallest absolute Gasteiger partial charge is 0.257 e. The first-order valence-electron chi connectivity index (χ1n) is 13.6. The fraction of sp³-hybridized carbons (Fsp3) is 0.267. The average molecular weight is 588 g/mol. The van der Waals surface area contributed by atoms with Crippen LogP contribution in [0.1, 0.15) is 12.5 Å². The van der Waals surface area contributed by atoms with Crippen molar-refractivity contribution >= 4 is 45.6 Å². The third-order valence-electron chi connectivity index (χ3n) is 7.11. The fourth-order valence-electron chi connectivity index (χ4n) is 4.93. The van der Waals surface area contributed by atoms with Crippen molar-refractivity contribution in [3.05, 3.63) is 72.6 Å². The third kappa shape index (κ3) is 6.66. The molecule has 1 saturated heterocycles. The molecule has 43 heavy (non-hydrogen) atoms. The predicted molar refractivity (Wildman–Crippen MR) is 161 cm³/mol. The van der Waals surface area contributed by atoms with Crippen molar-refractivity contribution in [2.24, 2.45) is 5.11 Å². The van der Waals surface area contributed by atoms with Gasteiger partial charge in [0.25, 0.3) is 6.43 Å². The maximum absolute atomic E-state index is 12.5. The van der Waals surface area contributed by atoms with Crippen LogP contribution in [0, 0.1) is 12.5 Å². The van der Waals surface area contributed by atoms with E-state index in [1.807, 2.05) is 56.3 Å². The number of hydrogen-bond acceptors (Lipinski definition) is 10. The Hall–Kier alpha value is -5.20. The molecule has 5 rings (SSSR count). The first kappa shape index (κ1) is 29.3. The lowest BCUT2D eigenvalue weighted by molar-refractivity contribution is -0.128. The van der Waals surface area contributed by atoms with Crippen molar-refractivity contribution < 1.29 is 18.3 Å². The number of rotatable bonds is 9. The molecule has 2 aromatic carbocycles. The van der Waals surface area contributed by atoms with E-state index in [1.54, 1.807) is 18.0 Å². The van der Waals surface area contributed by atoms with Gasteiger partial charge >= 0.3 is 0 Å². The molecule has 1 aliphatic heterocycles. The molecule has 13 heteroatoms. The fourth-order valence-corrected chi connectivity index (χ4v) is 4.93. The number of nitrogens with one attached hydrogen (secondary N) is 3. The molecule has 4 aromatic rings. The summed E-state index contributed by atoms with van der Waals surface area (Å²) in [6.07, 6.45) is 0.356. The van der Waals surface area contributed by atoms with Gasteiger partial charge in [-0.15, -0.1) is 0 Å². The minimum atomic E-state index is -2.66. The first-order chi connectivity index (χ1) is 20.7. The van der Waals surface area contributed by atoms with E-state index in [1.165, 1.54) is 6.33 Å². The zero-order valence-electron chi connectivity index (χ0n) is 23.9. The van der Waals surface area contributed by atoms with E-state index >= 15 is 0 Å². The number of carbonyl (C=O) groups is 1. The molecular formula is C30H31F2N9O2. The maximum atomic E-state index is 12.5. The molecule has 1 unspecified atom stereocenters. The predicted octanol–water partition coefficient (Wildman–Crippen LogP) is 6.43. The van der Waals surface area contributed by atoms with E-state index in [9.17, 15) is 13.6 Å². The number of anilines is 4. The molecule has 2 aromatic heterocycles. The van der Waals surface area contributed by atoms with Gasteiger partial charge in [0.2, 0.25) is 5.91 Å². The van der Waals surface area contributed by atoms with E-state index in [0.717, 1.165) is 23.0 Å². The van der Waals surface area contributed by atoms with Crippen LogP contribution in [0.3, 0.4) is 0 Å². The summed E-state index contributed by atoms with van der Waals surface area (Å²) >= 11 is 0. The van der Waals surface area contributed by atoms with Crippen molar-refractivity contribution in [3.8, 4) is 11.5 Å². The summed E-state index contributed by atoms with van der Waals surface area (Å²) in [5.41, 5.74) is 11.5. The number of pyridine rings is 1. The van der Waals surface area contributed by atoms with Gasteiger partial charge in [0, 0.05) is 50.6 Å². The number of halogens is 2. The average Bonchev–Trinajstić information content (AvgIpc) is 3.01. The van der Waals surface area contributed by atoms with Crippen molar-refractivity contribution in [1.82, 2.24) is 19.9 Å². The van der Waals surface area contributed by atoms with Gasteiger partial charge in [0.05, 0.1) is 11.2 Å². The molecule has 0 radical (unpaired) electrons. The molecule has 11 nitrogen and oxygen atoms in total. The number of ether oxygens (including phenoxy) is 1. The monoisotopic (exact) mass is 587 g/mol. The quantitative estimate of drug-likeness (QED) is 0.151. The van der Waals surface area contributed by atoms with Gasteiger partial charge < -0.3 is 25.2 Å². The molecule has 1 atom stereocenters. The highest BCUT2D eigenvalue weighted by Gasteiger charge is 2.27. The number of amides is 1. The number of alkyl halides is 2. The standard InChI is InChI=1S/C30H31F2N9O2/c1-18-14-20(4-8-25(18)43-21-5-6-22(34-3)24(15-21)39-33)37-30-29-23(35-17-36-30)7-10-27(38-29)40-12-13-41(19(2)16-40)28(42)11-9-26(31)32/h4-11,14-15,17,19,26,33-34H,12-13,16H2,1-3H3,(H,35,36,37)/b11-9+,39-33?. The van der Waals surface area contributed by atoms with Crippen LogP contribution < -0.4 is 20.3 Å². The van der Waals surface area contributed by atoms with Gasteiger partial charge in [-0.25, -0.2) is 29.3 Å². The van der Waals surface area contributed by atoms with Gasteiger partial charge in [-0.05, 0) is 68.0 Å². The van der Waals surface area contributed by atoms with Gasteiger partial charge in [0.1, 0.15) is 34.8 Å². The van der Waals surface area contributed by atoms with Crippen LogP contribution in [0.5, 0.6) is 11.5 Å². The van der Waals surface area contributed by atoms with Crippen molar-refractivity contribution in [1.29, 1.82) is 5.53 Å². The van der Waals surface area contributed by atoms with Gasteiger partial charge in [-0.1, -0.05) is 0 Å². The molecule has 0 aliphatic carbocycles. The number of fused-ring (bicyclic) bond motifs is 1. The van der Waals surface area contributed by atoms with Crippen LogP contribution in [0.25, 0.3) is 11.0 Å². The Bertz CT molecular complexity index is 1680. The maximum Gasteiger partial charge on any atom is 0.257 e. The molecule has 3 heterocycles. The van der Waals surface area contributed by atoms with E-state index < -0.39 is 12.3 Å². The van der Waals surface area contributed by atoms with Crippen molar-refractivity contribution in [3.63, 3.8) is 0 Å². The number of nitrogens with zero attached hydrogens (tertiary/aromatic N) is 6. The summed E-state index contributed by atoms with van der Waals surface area (Å²) in [6.45, 7) is 5.20. The molecule has 1 fully saturated rings. The molecule has 0 bridgehead atoms. The number of piperazine rings is 1. The lowest BCUT2D eigenvalue weighted by atomic mass is 10.1. The van der Waals surface area contributed by atoms with Crippen LogP contribution in [-0.2, 0) is 4.79 Å². The van der Waals surface area contributed by atoms with Gasteiger partial charge in [0.15, 0.2) is 5.82 Å². The zero-order valence-corrected chi connectivity index (χ0v) is 23.9. The summed E-state index contributed by atoms with van der Waals surface area (Å²) in [4.78, 5) is 29.7. The lowest BCUT2D eigenvalue weighted by Crippen LogP contribution is -2.54. The lowest BCUT2D eigenvalue weighted by Gasteiger charge is -2.40. The minimum Gasteiger partial charge on any atom is -0.457 e. The summed E-state index contributed by atoms with van der Waals surface area (Å²) in [7, 11) is 1.77. The third-order valence-corrected chi connectivity index (χ3v) is 7.11. The highest BCUT2D eigenvalue weighted by molar-refractivity contribution is 5.89. The van der Waals surface area contributed by atoms with Crippen LogP contribution in [0.15, 0.2) is 72.1 Å². The largest absolute Gasteiger partial charge is 0.457 e. The Labute approximate surface area is 247 Å². The van der Waals surface area contributed by atoms with Crippen LogP contribution >= 0.6 is 0 Å². The topological polar surface area (TPSA) is 132 Å².